The molecule has 1 unspecified atom stereocenters. The summed E-state index contributed by atoms with van der Waals surface area (Å²) in [5.74, 6) is 0. The average Bonchev–Trinajstić information content (AvgIpc) is 2.47. The SMILES string of the molecule is CCCCCCCCCCCCCCC(N)(CC)S(=O)(=O)O. The molecule has 0 aliphatic heterocycles. The van der Waals surface area contributed by atoms with E-state index >= 15 is 0 Å². The Morgan fingerprint density at radius 3 is 1.45 bits per heavy atom. The van der Waals surface area contributed by atoms with Crippen molar-refractivity contribution in [1.29, 1.82) is 0 Å². The van der Waals surface area contributed by atoms with Gasteiger partial charge in [-0.3, -0.25) is 4.55 Å². The molecule has 0 bridgehead atoms. The highest BCUT2D eigenvalue weighted by Crippen LogP contribution is 2.22. The minimum atomic E-state index is -4.15. The Kier molecular flexibility index (Phi) is 12.2. The van der Waals surface area contributed by atoms with Crippen LogP contribution in [0.25, 0.3) is 0 Å². The van der Waals surface area contributed by atoms with Crippen LogP contribution in [0, 0.1) is 0 Å². The van der Waals surface area contributed by atoms with Crippen molar-refractivity contribution in [2.45, 2.75) is 109 Å². The third-order valence-electron chi connectivity index (χ3n) is 4.57. The molecule has 0 heterocycles. The first-order chi connectivity index (χ1) is 10.4. The second-order valence-corrected chi connectivity index (χ2v) is 8.30. The monoisotopic (exact) mass is 335 g/mol. The minimum Gasteiger partial charge on any atom is -0.311 e. The highest BCUT2D eigenvalue weighted by molar-refractivity contribution is 7.87. The van der Waals surface area contributed by atoms with Crippen LogP contribution in [0.4, 0.5) is 0 Å². The van der Waals surface area contributed by atoms with E-state index < -0.39 is 15.0 Å². The molecule has 0 aliphatic carbocycles. The molecule has 0 fully saturated rings. The van der Waals surface area contributed by atoms with Gasteiger partial charge in [0.15, 0.2) is 0 Å². The highest BCUT2D eigenvalue weighted by Gasteiger charge is 2.36. The fraction of sp³-hybridized carbons (Fsp3) is 1.00. The smallest absolute Gasteiger partial charge is 0.283 e. The molecule has 22 heavy (non-hydrogen) atoms. The predicted octanol–water partition coefficient (Wildman–Crippen LogP) is 5.03. The van der Waals surface area contributed by atoms with E-state index in [0.717, 1.165) is 19.3 Å². The summed E-state index contributed by atoms with van der Waals surface area (Å²) in [7, 11) is -4.15. The third kappa shape index (κ3) is 9.80. The van der Waals surface area contributed by atoms with Gasteiger partial charge < -0.3 is 5.73 Å². The topological polar surface area (TPSA) is 80.4 Å². The van der Waals surface area contributed by atoms with Crippen molar-refractivity contribution in [3.05, 3.63) is 0 Å². The van der Waals surface area contributed by atoms with Crippen LogP contribution in [0.1, 0.15) is 104 Å². The second kappa shape index (κ2) is 12.3. The molecule has 134 valence electrons. The molecule has 5 heteroatoms. The fourth-order valence-electron chi connectivity index (χ4n) is 2.75. The standard InChI is InChI=1S/C17H37NO3S/c1-3-5-6-7-8-9-10-11-12-13-14-15-16-17(18,4-2)22(19,20)21/h3-16,18H2,1-2H3,(H,19,20,21). The molecule has 0 aromatic heterocycles. The maximum absolute atomic E-state index is 11.2. The lowest BCUT2D eigenvalue weighted by atomic mass is 10.0. The summed E-state index contributed by atoms with van der Waals surface area (Å²) in [6.07, 6.45) is 15.4. The first-order valence-electron chi connectivity index (χ1n) is 9.13. The van der Waals surface area contributed by atoms with Gasteiger partial charge in [-0.2, -0.15) is 8.42 Å². The summed E-state index contributed by atoms with van der Waals surface area (Å²) >= 11 is 0. The van der Waals surface area contributed by atoms with E-state index in [1.807, 2.05) is 0 Å². The molecule has 0 aromatic rings. The van der Waals surface area contributed by atoms with Crippen LogP contribution in [0.2, 0.25) is 0 Å². The van der Waals surface area contributed by atoms with Gasteiger partial charge in [0, 0.05) is 0 Å². The first kappa shape index (κ1) is 21.9. The summed E-state index contributed by atoms with van der Waals surface area (Å²) < 4.78 is 31.7. The number of unbranched alkanes of at least 4 members (excludes halogenated alkanes) is 11. The fourth-order valence-corrected chi connectivity index (χ4v) is 3.52. The van der Waals surface area contributed by atoms with Crippen LogP contribution < -0.4 is 5.73 Å². The van der Waals surface area contributed by atoms with Crippen LogP contribution in [0.3, 0.4) is 0 Å². The average molecular weight is 336 g/mol. The summed E-state index contributed by atoms with van der Waals surface area (Å²) in [5, 5.41) is 0. The van der Waals surface area contributed by atoms with E-state index in [0.29, 0.717) is 6.42 Å². The summed E-state index contributed by atoms with van der Waals surface area (Å²) in [4.78, 5) is -1.45. The minimum absolute atomic E-state index is 0.254. The third-order valence-corrected chi connectivity index (χ3v) is 6.09. The Bertz CT molecular complexity index is 357. The normalized spacial score (nSPS) is 14.9. The molecule has 1 atom stereocenters. The van der Waals surface area contributed by atoms with Gasteiger partial charge in [-0.1, -0.05) is 90.9 Å². The Balaban J connectivity index is 3.47. The zero-order chi connectivity index (χ0) is 16.9. The van der Waals surface area contributed by atoms with Gasteiger partial charge in [-0.15, -0.1) is 0 Å². The number of hydrogen-bond donors (Lipinski definition) is 2. The maximum Gasteiger partial charge on any atom is 0.283 e. The quantitative estimate of drug-likeness (QED) is 0.325. The van der Waals surface area contributed by atoms with Gasteiger partial charge >= 0.3 is 0 Å². The molecule has 0 spiro atoms. The van der Waals surface area contributed by atoms with Gasteiger partial charge in [0.1, 0.15) is 4.87 Å². The second-order valence-electron chi connectivity index (χ2n) is 6.53. The lowest BCUT2D eigenvalue weighted by molar-refractivity contribution is 0.392. The van der Waals surface area contributed by atoms with Crippen LogP contribution >= 0.6 is 0 Å². The molecular weight excluding hydrogens is 298 g/mol. The van der Waals surface area contributed by atoms with Crippen LogP contribution in [0.5, 0.6) is 0 Å². The van der Waals surface area contributed by atoms with Crippen molar-refractivity contribution in [3.8, 4) is 0 Å². The van der Waals surface area contributed by atoms with Crippen molar-refractivity contribution in [3.63, 3.8) is 0 Å². The molecule has 0 radical (unpaired) electrons. The Hall–Kier alpha value is -0.130. The van der Waals surface area contributed by atoms with Gasteiger partial charge in [0.05, 0.1) is 0 Å². The van der Waals surface area contributed by atoms with Crippen molar-refractivity contribution in [2.24, 2.45) is 5.73 Å². The van der Waals surface area contributed by atoms with Crippen molar-refractivity contribution >= 4 is 10.1 Å². The van der Waals surface area contributed by atoms with E-state index in [-0.39, 0.29) is 6.42 Å². The van der Waals surface area contributed by atoms with E-state index in [1.165, 1.54) is 57.8 Å². The Morgan fingerprint density at radius 2 is 1.14 bits per heavy atom. The molecule has 4 nitrogen and oxygen atoms in total. The highest BCUT2D eigenvalue weighted by atomic mass is 32.2. The van der Waals surface area contributed by atoms with Crippen molar-refractivity contribution < 1.29 is 13.0 Å². The van der Waals surface area contributed by atoms with Crippen LogP contribution in [-0.2, 0) is 10.1 Å². The van der Waals surface area contributed by atoms with Crippen LogP contribution in [-0.4, -0.2) is 17.8 Å². The molecular formula is C17H37NO3S. The Morgan fingerprint density at radius 1 is 0.773 bits per heavy atom. The van der Waals surface area contributed by atoms with E-state index in [2.05, 4.69) is 6.92 Å². The zero-order valence-corrected chi connectivity index (χ0v) is 15.5. The zero-order valence-electron chi connectivity index (χ0n) is 14.6. The van der Waals surface area contributed by atoms with E-state index in [9.17, 15) is 8.42 Å². The van der Waals surface area contributed by atoms with Gasteiger partial charge in [-0.25, -0.2) is 0 Å². The lowest BCUT2D eigenvalue weighted by Gasteiger charge is -2.24. The molecule has 0 amide bonds. The van der Waals surface area contributed by atoms with E-state index in [1.54, 1.807) is 6.92 Å². The number of rotatable bonds is 15. The molecule has 0 saturated heterocycles. The number of nitrogens with two attached hydrogens (primary N) is 1. The van der Waals surface area contributed by atoms with Gasteiger partial charge in [-0.05, 0) is 12.8 Å². The predicted molar refractivity (Wildman–Crippen MR) is 94.5 cm³/mol. The molecule has 0 aromatic carbocycles. The summed E-state index contributed by atoms with van der Waals surface area (Å²) in [6.45, 7) is 3.94. The lowest BCUT2D eigenvalue weighted by Crippen LogP contribution is -2.46. The first-order valence-corrected chi connectivity index (χ1v) is 10.6. The Labute approximate surface area is 138 Å². The van der Waals surface area contributed by atoms with Gasteiger partial charge in [0.2, 0.25) is 0 Å². The van der Waals surface area contributed by atoms with E-state index in [4.69, 9.17) is 10.3 Å². The van der Waals surface area contributed by atoms with Gasteiger partial charge in [0.25, 0.3) is 10.1 Å². The largest absolute Gasteiger partial charge is 0.311 e. The molecule has 0 rings (SSSR count). The summed E-state index contributed by atoms with van der Waals surface area (Å²) in [5.41, 5.74) is 5.77. The maximum atomic E-state index is 11.2. The van der Waals surface area contributed by atoms with Crippen molar-refractivity contribution in [2.75, 3.05) is 0 Å². The molecule has 0 saturated carbocycles. The molecule has 3 N–H and O–H groups in total. The summed E-state index contributed by atoms with van der Waals surface area (Å²) in [6, 6.07) is 0. The number of hydrogen-bond acceptors (Lipinski definition) is 3. The van der Waals surface area contributed by atoms with Crippen LogP contribution in [0.15, 0.2) is 0 Å². The molecule has 0 aliphatic rings. The van der Waals surface area contributed by atoms with Crippen molar-refractivity contribution in [1.82, 2.24) is 0 Å².